The Hall–Kier alpha value is -5.10. The van der Waals surface area contributed by atoms with Crippen LogP contribution in [0.25, 0.3) is 16.9 Å². The summed E-state index contributed by atoms with van der Waals surface area (Å²) in [6, 6.07) is 6.14. The molecule has 2 saturated heterocycles. The second kappa shape index (κ2) is 12.0. The van der Waals surface area contributed by atoms with E-state index in [9.17, 15) is 18.0 Å². The lowest BCUT2D eigenvalue weighted by molar-refractivity contribution is -0.0495. The van der Waals surface area contributed by atoms with E-state index in [1.165, 1.54) is 52.9 Å². The van der Waals surface area contributed by atoms with E-state index in [0.29, 0.717) is 17.5 Å². The predicted octanol–water partition coefficient (Wildman–Crippen LogP) is 2.35. The van der Waals surface area contributed by atoms with E-state index in [1.54, 1.807) is 17.1 Å². The number of anilines is 1. The number of nitrogens with zero attached hydrogens (tertiary/aromatic N) is 11. The lowest BCUT2D eigenvalue weighted by Crippen LogP contribution is -2.64. The van der Waals surface area contributed by atoms with Gasteiger partial charge in [-0.05, 0) is 36.5 Å². The zero-order valence-electron chi connectivity index (χ0n) is 24.7. The Kier molecular flexibility index (Phi) is 7.73. The number of hydrogen-bond acceptors (Lipinski definition) is 11. The molecule has 15 nitrogen and oxygen atoms in total. The van der Waals surface area contributed by atoms with Crippen LogP contribution in [0.15, 0.2) is 49.1 Å². The highest BCUT2D eigenvalue weighted by Crippen LogP contribution is 2.38. The van der Waals surface area contributed by atoms with Crippen LogP contribution in [-0.2, 0) is 6.54 Å². The van der Waals surface area contributed by atoms with Gasteiger partial charge >= 0.3 is 6.61 Å². The fourth-order valence-electron chi connectivity index (χ4n) is 5.57. The molecule has 1 aromatic carbocycles. The van der Waals surface area contributed by atoms with Crippen molar-refractivity contribution < 1.29 is 27.4 Å². The van der Waals surface area contributed by atoms with Gasteiger partial charge in [-0.2, -0.15) is 23.8 Å². The topological polar surface area (TPSA) is 146 Å². The SMILES string of the molecule is CC(F)Oc1ccc(OC(F)F)c(-c2nn(Cc3nnn(C4CN(C5CN(C)C5)C4)n3)cc2NC(=O)c2cnn3cccnc23)c1. The van der Waals surface area contributed by atoms with Crippen molar-refractivity contribution in [3.05, 3.63) is 60.4 Å². The Bertz CT molecular complexity index is 1860. The number of hydrogen-bond donors (Lipinski definition) is 1. The van der Waals surface area contributed by atoms with Crippen molar-refractivity contribution in [2.24, 2.45) is 0 Å². The summed E-state index contributed by atoms with van der Waals surface area (Å²) in [5.41, 5.74) is 0.690. The normalized spacial score (nSPS) is 16.8. The van der Waals surface area contributed by atoms with Crippen LogP contribution in [0.5, 0.6) is 11.5 Å². The van der Waals surface area contributed by atoms with Crippen LogP contribution in [0.1, 0.15) is 29.1 Å². The molecule has 0 radical (unpaired) electrons. The van der Waals surface area contributed by atoms with Crippen LogP contribution in [0, 0.1) is 0 Å². The lowest BCUT2D eigenvalue weighted by atomic mass is 10.0. The number of alkyl halides is 3. The number of aromatic nitrogens is 9. The van der Waals surface area contributed by atoms with Gasteiger partial charge in [0.2, 0.25) is 6.36 Å². The Morgan fingerprint density at radius 1 is 1.11 bits per heavy atom. The van der Waals surface area contributed by atoms with Crippen LogP contribution < -0.4 is 14.8 Å². The second-order valence-corrected chi connectivity index (χ2v) is 11.2. The number of likely N-dealkylation sites (tertiary alicyclic amines) is 2. The van der Waals surface area contributed by atoms with Crippen molar-refractivity contribution >= 4 is 17.2 Å². The smallest absolute Gasteiger partial charge is 0.387 e. The molecule has 0 bridgehead atoms. The van der Waals surface area contributed by atoms with Gasteiger partial charge in [-0.3, -0.25) is 14.4 Å². The zero-order valence-corrected chi connectivity index (χ0v) is 24.7. The molecule has 2 aliphatic rings. The molecule has 1 unspecified atom stereocenters. The minimum Gasteiger partial charge on any atom is -0.461 e. The van der Waals surface area contributed by atoms with Crippen LogP contribution >= 0.6 is 0 Å². The first-order chi connectivity index (χ1) is 22.2. The molecule has 46 heavy (non-hydrogen) atoms. The average molecular weight is 639 g/mol. The molecule has 5 aromatic rings. The first-order valence-electron chi connectivity index (χ1n) is 14.5. The molecule has 18 heteroatoms. The van der Waals surface area contributed by atoms with E-state index >= 15 is 0 Å². The highest BCUT2D eigenvalue weighted by atomic mass is 19.3. The van der Waals surface area contributed by atoms with Gasteiger partial charge in [0.25, 0.3) is 5.91 Å². The zero-order chi connectivity index (χ0) is 31.9. The van der Waals surface area contributed by atoms with Gasteiger partial charge in [0.15, 0.2) is 11.5 Å². The molecule has 7 rings (SSSR count). The van der Waals surface area contributed by atoms with Crippen molar-refractivity contribution in [1.29, 1.82) is 0 Å². The quantitative estimate of drug-likeness (QED) is 0.228. The van der Waals surface area contributed by atoms with E-state index in [0.717, 1.165) is 26.2 Å². The highest BCUT2D eigenvalue weighted by Gasteiger charge is 2.39. The van der Waals surface area contributed by atoms with Gasteiger partial charge in [0.05, 0.1) is 23.5 Å². The summed E-state index contributed by atoms with van der Waals surface area (Å²) in [7, 11) is 2.09. The maximum absolute atomic E-state index is 13.7. The fourth-order valence-corrected chi connectivity index (χ4v) is 5.57. The molecule has 4 aromatic heterocycles. The van der Waals surface area contributed by atoms with Gasteiger partial charge in [0.1, 0.15) is 29.3 Å². The highest BCUT2D eigenvalue weighted by molar-refractivity contribution is 6.09. The van der Waals surface area contributed by atoms with Crippen molar-refractivity contribution in [3.8, 4) is 22.8 Å². The third kappa shape index (κ3) is 5.95. The largest absolute Gasteiger partial charge is 0.461 e. The first kappa shape index (κ1) is 29.6. The minimum atomic E-state index is -3.16. The maximum atomic E-state index is 13.7. The van der Waals surface area contributed by atoms with Crippen LogP contribution in [0.3, 0.4) is 0 Å². The van der Waals surface area contributed by atoms with Gasteiger partial charge in [-0.1, -0.05) is 0 Å². The number of rotatable bonds is 11. The summed E-state index contributed by atoms with van der Waals surface area (Å²) in [4.78, 5) is 23.9. The van der Waals surface area contributed by atoms with Gasteiger partial charge in [0, 0.05) is 57.7 Å². The number of nitrogens with one attached hydrogen (secondary N) is 1. The van der Waals surface area contributed by atoms with Crippen molar-refractivity contribution in [3.63, 3.8) is 0 Å². The Balaban J connectivity index is 1.19. The molecule has 0 spiro atoms. The number of carbonyl (C=O) groups excluding carboxylic acids is 1. The summed E-state index contributed by atoms with van der Waals surface area (Å²) in [6.45, 7) is 1.82. The van der Waals surface area contributed by atoms with Gasteiger partial charge in [-0.15, -0.1) is 10.2 Å². The van der Waals surface area contributed by atoms with Crippen molar-refractivity contribution in [1.82, 2.24) is 54.4 Å². The molecule has 0 saturated carbocycles. The van der Waals surface area contributed by atoms with E-state index in [2.05, 4.69) is 52.8 Å². The summed E-state index contributed by atoms with van der Waals surface area (Å²) in [5, 5.41) is 24.4. The molecule has 1 N–H and O–H groups in total. The van der Waals surface area contributed by atoms with Crippen molar-refractivity contribution in [2.45, 2.75) is 38.5 Å². The molecule has 2 fully saturated rings. The number of likely N-dealkylation sites (N-methyl/N-ethyl adjacent to an activating group) is 1. The first-order valence-corrected chi connectivity index (χ1v) is 14.5. The molecular formula is C28H29F3N12O3. The number of carbonyl (C=O) groups is 1. The third-order valence-electron chi connectivity index (χ3n) is 7.81. The third-order valence-corrected chi connectivity index (χ3v) is 7.81. The molecule has 1 amide bonds. The standard InChI is InChI=1S/C28H29F3N12O3/c1-16(29)45-19-4-5-23(46-28(30)31)20(8-19)25-22(34-27(44)21-9-33-42-7-3-6-32-26(21)42)14-41(37-25)15-24-35-38-43(36-24)18-12-40(13-18)17-10-39(2)11-17/h3-9,14,16-18,28H,10-13,15H2,1-2H3,(H,34,44). The number of halogens is 3. The van der Waals surface area contributed by atoms with E-state index in [1.807, 2.05) is 0 Å². The minimum absolute atomic E-state index is 0.0262. The molecule has 1 atom stereocenters. The second-order valence-electron chi connectivity index (χ2n) is 11.2. The fraction of sp³-hybridized carbons (Fsp3) is 0.393. The van der Waals surface area contributed by atoms with Crippen molar-refractivity contribution in [2.75, 3.05) is 38.5 Å². The van der Waals surface area contributed by atoms with Crippen LogP contribution in [-0.4, -0.2) is 113 Å². The molecule has 240 valence electrons. The summed E-state index contributed by atoms with van der Waals surface area (Å²) in [5.74, 6) is -0.443. The predicted molar refractivity (Wildman–Crippen MR) is 155 cm³/mol. The molecule has 0 aliphatic carbocycles. The molecule has 6 heterocycles. The molecular weight excluding hydrogens is 609 g/mol. The average Bonchev–Trinajstić information content (AvgIpc) is 3.71. The van der Waals surface area contributed by atoms with Crippen LogP contribution in [0.4, 0.5) is 18.9 Å². The Labute approximate surface area is 259 Å². The summed E-state index contributed by atoms with van der Waals surface area (Å²) < 4.78 is 53.3. The molecule has 2 aliphatic heterocycles. The van der Waals surface area contributed by atoms with Gasteiger partial charge < -0.3 is 19.7 Å². The summed E-state index contributed by atoms with van der Waals surface area (Å²) >= 11 is 0. The van der Waals surface area contributed by atoms with Gasteiger partial charge in [-0.25, -0.2) is 13.9 Å². The van der Waals surface area contributed by atoms with E-state index in [-0.39, 0.29) is 46.6 Å². The number of benzene rings is 1. The number of fused-ring (bicyclic) bond motifs is 1. The number of ether oxygens (including phenoxy) is 2. The van der Waals surface area contributed by atoms with E-state index < -0.39 is 18.9 Å². The summed E-state index contributed by atoms with van der Waals surface area (Å²) in [6.07, 6.45) is 4.35. The monoisotopic (exact) mass is 638 g/mol. The Morgan fingerprint density at radius 3 is 2.70 bits per heavy atom. The van der Waals surface area contributed by atoms with Crippen LogP contribution in [0.2, 0.25) is 0 Å². The maximum Gasteiger partial charge on any atom is 0.387 e. The lowest BCUT2D eigenvalue weighted by Gasteiger charge is -2.50. The number of tetrazole rings is 1. The van der Waals surface area contributed by atoms with E-state index in [4.69, 9.17) is 9.47 Å². The number of amides is 1. The Morgan fingerprint density at radius 2 is 1.93 bits per heavy atom.